The van der Waals surface area contributed by atoms with Gasteiger partial charge in [-0.15, -0.1) is 0 Å². The van der Waals surface area contributed by atoms with E-state index in [-0.39, 0.29) is 0 Å². The summed E-state index contributed by atoms with van der Waals surface area (Å²) in [6.45, 7) is 0.428. The smallest absolute Gasteiger partial charge is 0.213 e. The molecule has 0 saturated heterocycles. The Bertz CT molecular complexity index is 463. The zero-order valence-corrected chi connectivity index (χ0v) is 9.92. The van der Waals surface area contributed by atoms with Crippen LogP contribution in [-0.2, 0) is 6.54 Å². The van der Waals surface area contributed by atoms with Crippen LogP contribution < -0.4 is 5.32 Å². The Labute approximate surface area is 101 Å². The lowest BCUT2D eigenvalue weighted by Gasteiger charge is -2.04. The average Bonchev–Trinajstić information content (AvgIpc) is 2.78. The SMILES string of the molecule is CSc1nc(Cl)cc(NCc2ncon2)n1. The van der Waals surface area contributed by atoms with Crippen molar-refractivity contribution in [2.24, 2.45) is 0 Å². The minimum atomic E-state index is 0.398. The fraction of sp³-hybridized carbons (Fsp3) is 0.250. The zero-order chi connectivity index (χ0) is 11.4. The second-order valence-corrected chi connectivity index (χ2v) is 3.92. The molecule has 2 aromatic heterocycles. The van der Waals surface area contributed by atoms with E-state index in [0.717, 1.165) is 0 Å². The highest BCUT2D eigenvalue weighted by molar-refractivity contribution is 7.98. The summed E-state index contributed by atoms with van der Waals surface area (Å²) in [4.78, 5) is 12.1. The van der Waals surface area contributed by atoms with Gasteiger partial charge in [-0.3, -0.25) is 0 Å². The molecule has 0 aliphatic heterocycles. The molecule has 0 unspecified atom stereocenters. The number of hydrogen-bond donors (Lipinski definition) is 1. The van der Waals surface area contributed by atoms with Crippen LogP contribution in [0, 0.1) is 0 Å². The van der Waals surface area contributed by atoms with Crippen LogP contribution in [0.1, 0.15) is 5.82 Å². The molecular formula is C8H8ClN5OS. The molecule has 0 fully saturated rings. The standard InChI is InChI=1S/C8H8ClN5OS/c1-16-8-12-5(9)2-6(13-8)10-3-7-11-4-15-14-7/h2,4H,3H2,1H3,(H,10,12,13). The van der Waals surface area contributed by atoms with Gasteiger partial charge >= 0.3 is 0 Å². The molecule has 84 valence electrons. The molecule has 2 rings (SSSR count). The second-order valence-electron chi connectivity index (χ2n) is 2.76. The normalized spacial score (nSPS) is 10.4. The minimum Gasteiger partial charge on any atom is -0.362 e. The summed E-state index contributed by atoms with van der Waals surface area (Å²) in [6.07, 6.45) is 3.16. The van der Waals surface area contributed by atoms with Gasteiger partial charge in [0.1, 0.15) is 11.0 Å². The Hall–Kier alpha value is -1.34. The first kappa shape index (κ1) is 11.2. The Morgan fingerprint density at radius 2 is 2.38 bits per heavy atom. The van der Waals surface area contributed by atoms with Crippen molar-refractivity contribution in [2.75, 3.05) is 11.6 Å². The van der Waals surface area contributed by atoms with Crippen molar-refractivity contribution in [1.82, 2.24) is 20.1 Å². The van der Waals surface area contributed by atoms with Crippen LogP contribution in [0.2, 0.25) is 5.15 Å². The van der Waals surface area contributed by atoms with Crippen LogP contribution in [0.4, 0.5) is 5.82 Å². The van der Waals surface area contributed by atoms with E-state index in [2.05, 4.69) is 29.9 Å². The minimum absolute atomic E-state index is 0.398. The van der Waals surface area contributed by atoms with Crippen molar-refractivity contribution >= 4 is 29.2 Å². The van der Waals surface area contributed by atoms with Crippen molar-refractivity contribution in [3.63, 3.8) is 0 Å². The van der Waals surface area contributed by atoms with Crippen molar-refractivity contribution in [2.45, 2.75) is 11.7 Å². The van der Waals surface area contributed by atoms with E-state index >= 15 is 0 Å². The molecule has 0 amide bonds. The lowest BCUT2D eigenvalue weighted by Crippen LogP contribution is -2.04. The summed E-state index contributed by atoms with van der Waals surface area (Å²) >= 11 is 7.26. The maximum Gasteiger partial charge on any atom is 0.213 e. The highest BCUT2D eigenvalue weighted by atomic mass is 35.5. The van der Waals surface area contributed by atoms with Gasteiger partial charge in [0.25, 0.3) is 0 Å². The highest BCUT2D eigenvalue weighted by Crippen LogP contribution is 2.17. The topological polar surface area (TPSA) is 76.7 Å². The molecular weight excluding hydrogens is 250 g/mol. The highest BCUT2D eigenvalue weighted by Gasteiger charge is 2.03. The summed E-state index contributed by atoms with van der Waals surface area (Å²) in [6, 6.07) is 1.64. The van der Waals surface area contributed by atoms with Crippen molar-refractivity contribution in [3.8, 4) is 0 Å². The van der Waals surface area contributed by atoms with E-state index in [9.17, 15) is 0 Å². The van der Waals surface area contributed by atoms with Crippen LogP contribution in [0.5, 0.6) is 0 Å². The molecule has 2 aromatic rings. The monoisotopic (exact) mass is 257 g/mol. The van der Waals surface area contributed by atoms with E-state index in [4.69, 9.17) is 11.6 Å². The predicted molar refractivity (Wildman–Crippen MR) is 60.4 cm³/mol. The molecule has 0 aliphatic rings. The van der Waals surface area contributed by atoms with Crippen molar-refractivity contribution in [1.29, 1.82) is 0 Å². The van der Waals surface area contributed by atoms with E-state index in [0.29, 0.717) is 28.5 Å². The third-order valence-electron chi connectivity index (χ3n) is 1.69. The first-order valence-electron chi connectivity index (χ1n) is 4.35. The van der Waals surface area contributed by atoms with Gasteiger partial charge in [-0.25, -0.2) is 9.97 Å². The molecule has 8 heteroatoms. The van der Waals surface area contributed by atoms with E-state index < -0.39 is 0 Å². The van der Waals surface area contributed by atoms with E-state index in [1.54, 1.807) is 6.07 Å². The van der Waals surface area contributed by atoms with Gasteiger partial charge in [-0.05, 0) is 6.26 Å². The summed E-state index contributed by atoms with van der Waals surface area (Å²) in [5, 5.41) is 7.71. The van der Waals surface area contributed by atoms with Gasteiger partial charge < -0.3 is 9.84 Å². The molecule has 0 bridgehead atoms. The molecule has 0 radical (unpaired) electrons. The number of thioether (sulfide) groups is 1. The fourth-order valence-electron chi connectivity index (χ4n) is 1.02. The first-order chi connectivity index (χ1) is 7.78. The molecule has 1 N–H and O–H groups in total. The molecule has 0 atom stereocenters. The first-order valence-corrected chi connectivity index (χ1v) is 5.96. The lowest BCUT2D eigenvalue weighted by molar-refractivity contribution is 0.411. The Balaban J connectivity index is 2.06. The molecule has 6 nitrogen and oxygen atoms in total. The number of rotatable bonds is 4. The van der Waals surface area contributed by atoms with Gasteiger partial charge in [0.15, 0.2) is 11.0 Å². The Morgan fingerprint density at radius 1 is 1.50 bits per heavy atom. The van der Waals surface area contributed by atoms with Crippen LogP contribution in [0.3, 0.4) is 0 Å². The Kier molecular flexibility index (Phi) is 3.58. The number of nitrogens with one attached hydrogen (secondary N) is 1. The van der Waals surface area contributed by atoms with Gasteiger partial charge in [0.2, 0.25) is 6.39 Å². The largest absolute Gasteiger partial charge is 0.362 e. The summed E-state index contributed by atoms with van der Waals surface area (Å²) in [5.41, 5.74) is 0. The third-order valence-corrected chi connectivity index (χ3v) is 2.43. The van der Waals surface area contributed by atoms with Crippen LogP contribution >= 0.6 is 23.4 Å². The van der Waals surface area contributed by atoms with Gasteiger partial charge in [-0.1, -0.05) is 28.5 Å². The van der Waals surface area contributed by atoms with Crippen molar-refractivity contribution in [3.05, 3.63) is 23.4 Å². The summed E-state index contributed by atoms with van der Waals surface area (Å²) in [5.74, 6) is 1.19. The maximum atomic E-state index is 5.84. The molecule has 0 aliphatic carbocycles. The predicted octanol–water partition coefficient (Wildman–Crippen LogP) is 1.85. The molecule has 16 heavy (non-hydrogen) atoms. The summed E-state index contributed by atoms with van der Waals surface area (Å²) in [7, 11) is 0. The molecule has 2 heterocycles. The van der Waals surface area contributed by atoms with Gasteiger partial charge in [-0.2, -0.15) is 4.98 Å². The van der Waals surface area contributed by atoms with Crippen LogP contribution in [0.15, 0.2) is 22.1 Å². The lowest BCUT2D eigenvalue weighted by atomic mass is 10.5. The number of nitrogens with zero attached hydrogens (tertiary/aromatic N) is 4. The summed E-state index contributed by atoms with van der Waals surface area (Å²) < 4.78 is 4.61. The quantitative estimate of drug-likeness (QED) is 0.509. The molecule has 0 saturated carbocycles. The fourth-order valence-corrected chi connectivity index (χ4v) is 1.63. The van der Waals surface area contributed by atoms with Crippen LogP contribution in [0.25, 0.3) is 0 Å². The van der Waals surface area contributed by atoms with Crippen molar-refractivity contribution < 1.29 is 4.52 Å². The third kappa shape index (κ3) is 2.83. The zero-order valence-electron chi connectivity index (χ0n) is 8.35. The molecule has 0 spiro atoms. The number of halogens is 1. The maximum absolute atomic E-state index is 5.84. The number of aromatic nitrogens is 4. The van der Waals surface area contributed by atoms with Gasteiger partial charge in [0, 0.05) is 6.07 Å². The Morgan fingerprint density at radius 3 is 3.06 bits per heavy atom. The number of anilines is 1. The average molecular weight is 258 g/mol. The second kappa shape index (κ2) is 5.13. The van der Waals surface area contributed by atoms with E-state index in [1.807, 2.05) is 6.26 Å². The molecule has 0 aromatic carbocycles. The van der Waals surface area contributed by atoms with Gasteiger partial charge in [0.05, 0.1) is 6.54 Å². The van der Waals surface area contributed by atoms with Crippen LogP contribution in [-0.4, -0.2) is 26.4 Å². The number of hydrogen-bond acceptors (Lipinski definition) is 7. The van der Waals surface area contributed by atoms with E-state index in [1.165, 1.54) is 18.2 Å².